The van der Waals surface area contributed by atoms with Gasteiger partial charge in [-0.05, 0) is 67.7 Å². The Morgan fingerprint density at radius 3 is 2.45 bits per heavy atom. The van der Waals surface area contributed by atoms with E-state index in [1.54, 1.807) is 35.4 Å². The van der Waals surface area contributed by atoms with E-state index in [9.17, 15) is 22.4 Å². The monoisotopic (exact) mass is 606 g/mol. The molecule has 1 unspecified atom stereocenters. The highest BCUT2D eigenvalue weighted by molar-refractivity contribution is 8.15. The molecule has 0 bridgehead atoms. The summed E-state index contributed by atoms with van der Waals surface area (Å²) in [7, 11) is 0. The lowest BCUT2D eigenvalue weighted by atomic mass is 9.97. The SMILES string of the molecule is CC1=CCCC(C)=C1N1C(=O)CS/C1=N\N=C\c1ccc(C(N)=NC=Nc2ccc(OC(F)C(F)(F)F)cc2)cc1.F. The number of nitrogens with zero attached hydrogens (tertiary/aromatic N) is 5. The number of carbonyl (C=O) groups excluding carboxylic acids is 1. The number of carbonyl (C=O) groups is 1. The van der Waals surface area contributed by atoms with Gasteiger partial charge >= 0.3 is 12.5 Å². The van der Waals surface area contributed by atoms with E-state index in [0.29, 0.717) is 22.2 Å². The predicted molar refractivity (Wildman–Crippen MR) is 156 cm³/mol. The fourth-order valence-electron chi connectivity index (χ4n) is 3.99. The Labute approximate surface area is 242 Å². The molecule has 2 aromatic carbocycles. The summed E-state index contributed by atoms with van der Waals surface area (Å²) in [5.74, 6) is 0.191. The molecule has 1 saturated heterocycles. The zero-order valence-corrected chi connectivity index (χ0v) is 23.3. The smallest absolute Gasteiger partial charge is 0.452 e. The van der Waals surface area contributed by atoms with Crippen molar-refractivity contribution < 1.29 is 31.8 Å². The first-order chi connectivity index (χ1) is 19.5. The number of amides is 1. The number of hydrogen-bond acceptors (Lipinski definition) is 6. The molecule has 1 fully saturated rings. The van der Waals surface area contributed by atoms with E-state index in [0.717, 1.165) is 47.4 Å². The minimum atomic E-state index is -5.11. The largest absolute Gasteiger partial charge is 0.457 e. The van der Waals surface area contributed by atoms with Gasteiger partial charge in [0.15, 0.2) is 5.17 Å². The summed E-state index contributed by atoms with van der Waals surface area (Å²) in [5.41, 5.74) is 10.9. The molecule has 0 saturated carbocycles. The molecule has 1 aliphatic carbocycles. The highest BCUT2D eigenvalue weighted by Gasteiger charge is 2.42. The predicted octanol–water partition coefficient (Wildman–Crippen LogP) is 6.42. The maximum Gasteiger partial charge on any atom is 0.457 e. The number of nitrogens with two attached hydrogens (primary N) is 1. The molecule has 14 heteroatoms. The lowest BCUT2D eigenvalue weighted by Gasteiger charge is -2.25. The molecule has 2 aliphatic rings. The van der Waals surface area contributed by atoms with Crippen LogP contribution in [-0.4, -0.2) is 52.7 Å². The fourth-order valence-corrected chi connectivity index (χ4v) is 4.80. The van der Waals surface area contributed by atoms with Crippen LogP contribution in [0, 0.1) is 0 Å². The third-order valence-electron chi connectivity index (χ3n) is 6.03. The number of hydrogen-bond donors (Lipinski definition) is 1. The summed E-state index contributed by atoms with van der Waals surface area (Å²) in [4.78, 5) is 22.3. The Hall–Kier alpha value is -4.33. The van der Waals surface area contributed by atoms with Gasteiger partial charge in [-0.25, -0.2) is 9.98 Å². The van der Waals surface area contributed by atoms with Gasteiger partial charge in [0.1, 0.15) is 17.9 Å². The van der Waals surface area contributed by atoms with E-state index in [1.165, 1.54) is 30.2 Å². The minimum absolute atomic E-state index is 0. The van der Waals surface area contributed by atoms with Crippen molar-refractivity contribution in [2.45, 2.75) is 39.2 Å². The molecule has 2 N–H and O–H groups in total. The van der Waals surface area contributed by atoms with Gasteiger partial charge in [-0.3, -0.25) is 14.4 Å². The highest BCUT2D eigenvalue weighted by atomic mass is 32.2. The molecule has 8 nitrogen and oxygen atoms in total. The van der Waals surface area contributed by atoms with Crippen molar-refractivity contribution in [2.75, 3.05) is 5.75 Å². The van der Waals surface area contributed by atoms with Crippen LogP contribution in [0.4, 0.5) is 28.0 Å². The van der Waals surface area contributed by atoms with Crippen LogP contribution in [0.25, 0.3) is 0 Å². The van der Waals surface area contributed by atoms with Crippen molar-refractivity contribution in [1.82, 2.24) is 4.90 Å². The molecule has 222 valence electrons. The molecule has 0 spiro atoms. The highest BCUT2D eigenvalue weighted by Crippen LogP contribution is 2.33. The van der Waals surface area contributed by atoms with Crippen LogP contribution >= 0.6 is 11.8 Å². The van der Waals surface area contributed by atoms with Crippen LogP contribution in [-0.2, 0) is 4.79 Å². The molecule has 0 radical (unpaired) electrons. The number of ether oxygens (including phenoxy) is 1. The fraction of sp³-hybridized carbons (Fsp3) is 0.250. The van der Waals surface area contributed by atoms with Gasteiger partial charge in [-0.2, -0.15) is 22.7 Å². The molecule has 2 aromatic rings. The van der Waals surface area contributed by atoms with Gasteiger partial charge in [0, 0.05) is 5.56 Å². The molecule has 1 amide bonds. The molecular formula is C28H27F5N6O2S. The molecule has 1 atom stereocenters. The summed E-state index contributed by atoms with van der Waals surface area (Å²) in [6, 6.07) is 12.1. The third kappa shape index (κ3) is 8.12. The van der Waals surface area contributed by atoms with Crippen molar-refractivity contribution in [2.24, 2.45) is 25.9 Å². The van der Waals surface area contributed by atoms with Crippen LogP contribution in [0.1, 0.15) is 37.8 Å². The van der Waals surface area contributed by atoms with Crippen LogP contribution in [0.5, 0.6) is 5.75 Å². The first-order valence-corrected chi connectivity index (χ1v) is 13.4. The Balaban J connectivity index is 0.00000484. The van der Waals surface area contributed by atoms with E-state index in [1.807, 2.05) is 13.8 Å². The van der Waals surface area contributed by atoms with E-state index in [-0.39, 0.29) is 22.2 Å². The Bertz CT molecular complexity index is 1470. The van der Waals surface area contributed by atoms with Crippen molar-refractivity contribution in [3.8, 4) is 5.75 Å². The van der Waals surface area contributed by atoms with Crippen LogP contribution in [0.3, 0.4) is 0 Å². The first-order valence-electron chi connectivity index (χ1n) is 12.4. The van der Waals surface area contributed by atoms with Gasteiger partial charge in [0.2, 0.25) is 5.91 Å². The van der Waals surface area contributed by atoms with Gasteiger partial charge in [-0.15, -0.1) is 5.10 Å². The number of halogens is 5. The lowest BCUT2D eigenvalue weighted by Crippen LogP contribution is -2.31. The second kappa shape index (κ2) is 14.0. The van der Waals surface area contributed by atoms with E-state index < -0.39 is 12.5 Å². The summed E-state index contributed by atoms with van der Waals surface area (Å²) in [5, 5.41) is 9.02. The quantitative estimate of drug-likeness (QED) is 0.162. The van der Waals surface area contributed by atoms with Crippen molar-refractivity contribution in [3.05, 3.63) is 82.6 Å². The van der Waals surface area contributed by atoms with Crippen molar-refractivity contribution in [3.63, 3.8) is 0 Å². The van der Waals surface area contributed by atoms with Crippen molar-refractivity contribution in [1.29, 1.82) is 0 Å². The number of allylic oxidation sites excluding steroid dienone is 3. The zero-order valence-electron chi connectivity index (χ0n) is 22.5. The molecule has 42 heavy (non-hydrogen) atoms. The Morgan fingerprint density at radius 2 is 1.81 bits per heavy atom. The maximum absolute atomic E-state index is 13.0. The number of thioether (sulfide) groups is 1. The number of alkyl halides is 4. The lowest BCUT2D eigenvalue weighted by molar-refractivity contribution is -0.236. The van der Waals surface area contributed by atoms with Gasteiger partial charge in [0.25, 0.3) is 0 Å². The summed E-state index contributed by atoms with van der Waals surface area (Å²) < 4.78 is 54.0. The van der Waals surface area contributed by atoms with Crippen LogP contribution in [0.2, 0.25) is 0 Å². The van der Waals surface area contributed by atoms with Crippen molar-refractivity contribution >= 4 is 46.9 Å². The van der Waals surface area contributed by atoms with Gasteiger partial charge in [-0.1, -0.05) is 42.1 Å². The molecular weight excluding hydrogens is 579 g/mol. The van der Waals surface area contributed by atoms with Gasteiger partial charge in [0.05, 0.1) is 23.4 Å². The summed E-state index contributed by atoms with van der Waals surface area (Å²) in [6.45, 7) is 4.03. The first kappa shape index (κ1) is 32.2. The van der Waals surface area contributed by atoms with E-state index in [2.05, 4.69) is 31.0 Å². The zero-order chi connectivity index (χ0) is 29.6. The van der Waals surface area contributed by atoms with Crippen LogP contribution in [0.15, 0.2) is 91.6 Å². The third-order valence-corrected chi connectivity index (χ3v) is 6.94. The molecule has 1 heterocycles. The molecule has 4 rings (SSSR count). The maximum atomic E-state index is 13.0. The Morgan fingerprint density at radius 1 is 1.12 bits per heavy atom. The average molecular weight is 607 g/mol. The molecule has 0 aromatic heterocycles. The molecule has 1 aliphatic heterocycles. The number of amidine groups is 2. The second-order valence-electron chi connectivity index (χ2n) is 9.05. The Kier molecular flexibility index (Phi) is 10.8. The topological polar surface area (TPSA) is 105 Å². The average Bonchev–Trinajstić information content (AvgIpc) is 3.29. The van der Waals surface area contributed by atoms with E-state index in [4.69, 9.17) is 5.73 Å². The number of rotatable bonds is 8. The normalized spacial score (nSPS) is 18.2. The number of aliphatic imine (C=N–C) groups is 2. The summed E-state index contributed by atoms with van der Waals surface area (Å²) >= 11 is 1.35. The minimum Gasteiger partial charge on any atom is -0.452 e. The number of benzene rings is 2. The summed E-state index contributed by atoms with van der Waals surface area (Å²) in [6.07, 6.45) is -1.76. The van der Waals surface area contributed by atoms with Gasteiger partial charge < -0.3 is 10.5 Å². The standard InChI is InChI=1S/C28H26F4N6O2S.FH/c1-17-4-3-5-18(2)24(17)38-23(39)15-41-27(38)37-36-14-19-6-8-20(9-7-19)25(33)35-16-34-21-10-12-22(13-11-21)40-26(29)28(30,31)32;/h4,6-14,16,26H,3,5,15H2,1-2H3,(H2,33,34,35);1H/b36-14+,37-27-;. The van der Waals surface area contributed by atoms with Crippen LogP contribution < -0.4 is 10.5 Å². The van der Waals surface area contributed by atoms with E-state index >= 15 is 0 Å². The second-order valence-corrected chi connectivity index (χ2v) is 9.99.